The second-order valence-corrected chi connectivity index (χ2v) is 10.1. The van der Waals surface area contributed by atoms with Gasteiger partial charge in [-0.05, 0) is 74.9 Å². The van der Waals surface area contributed by atoms with Crippen molar-refractivity contribution in [1.29, 1.82) is 0 Å². The fraction of sp³-hybridized carbons (Fsp3) is 0.174. The van der Waals surface area contributed by atoms with Gasteiger partial charge >= 0.3 is 0 Å². The molecule has 2 aromatic heterocycles. The third kappa shape index (κ3) is 4.11. The zero-order chi connectivity index (χ0) is 23.2. The first-order chi connectivity index (χ1) is 15.0. The van der Waals surface area contributed by atoms with Gasteiger partial charge in [-0.1, -0.05) is 11.6 Å². The van der Waals surface area contributed by atoms with E-state index in [-0.39, 0.29) is 15.5 Å². The average Bonchev–Trinajstić information content (AvgIpc) is 3.04. The summed E-state index contributed by atoms with van der Waals surface area (Å²) in [4.78, 5) is 17.2. The Balaban J connectivity index is 1.62. The topological polar surface area (TPSA) is 94.0 Å². The molecule has 164 valence electrons. The molecule has 0 aliphatic rings. The molecule has 1 amide bonds. The Labute approximate surface area is 191 Å². The Morgan fingerprint density at radius 2 is 1.72 bits per heavy atom. The van der Waals surface area contributed by atoms with Crippen molar-refractivity contribution < 1.29 is 13.2 Å². The van der Waals surface area contributed by atoms with Crippen LogP contribution in [0.2, 0.25) is 5.02 Å². The molecule has 2 aromatic carbocycles. The van der Waals surface area contributed by atoms with Gasteiger partial charge in [0.05, 0.1) is 21.3 Å². The van der Waals surface area contributed by atoms with Crippen LogP contribution in [-0.4, -0.2) is 35.3 Å². The number of amides is 1. The summed E-state index contributed by atoms with van der Waals surface area (Å²) in [7, 11) is -3.55. The summed E-state index contributed by atoms with van der Waals surface area (Å²) in [5, 5.41) is 8.52. The number of carbonyl (C=O) groups is 1. The van der Waals surface area contributed by atoms with E-state index in [1.165, 1.54) is 18.2 Å². The lowest BCUT2D eigenvalue weighted by atomic mass is 10.1. The molecule has 4 rings (SSSR count). The van der Waals surface area contributed by atoms with E-state index in [1.807, 2.05) is 39.0 Å². The minimum absolute atomic E-state index is 0.0780. The number of aromatic nitrogens is 3. The van der Waals surface area contributed by atoms with Gasteiger partial charge in [-0.15, -0.1) is 0 Å². The summed E-state index contributed by atoms with van der Waals surface area (Å²) in [6.07, 6.45) is 1.05. The Bertz CT molecular complexity index is 1480. The number of nitrogens with zero attached hydrogens (tertiary/aromatic N) is 3. The lowest BCUT2D eigenvalue weighted by Crippen LogP contribution is -2.13. The number of fused-ring (bicyclic) bond motifs is 1. The molecule has 9 heteroatoms. The van der Waals surface area contributed by atoms with Crippen molar-refractivity contribution in [2.45, 2.75) is 25.7 Å². The van der Waals surface area contributed by atoms with Crippen LogP contribution >= 0.6 is 11.6 Å². The summed E-state index contributed by atoms with van der Waals surface area (Å²) in [6, 6.07) is 13.4. The molecule has 0 fully saturated rings. The van der Waals surface area contributed by atoms with E-state index in [2.05, 4.69) is 15.4 Å². The maximum absolute atomic E-state index is 12.6. The second-order valence-electron chi connectivity index (χ2n) is 7.69. The number of hydrogen-bond acceptors (Lipinski definition) is 5. The summed E-state index contributed by atoms with van der Waals surface area (Å²) in [5.74, 6) is -0.437. The number of aryl methyl sites for hydroxylation is 3. The molecule has 0 saturated carbocycles. The molecular formula is C23H21ClN4O3S. The van der Waals surface area contributed by atoms with Gasteiger partial charge in [0.25, 0.3) is 5.91 Å². The molecule has 1 N–H and O–H groups in total. The van der Waals surface area contributed by atoms with Gasteiger partial charge in [0.2, 0.25) is 0 Å². The first-order valence-corrected chi connectivity index (χ1v) is 12.1. The molecule has 0 atom stereocenters. The van der Waals surface area contributed by atoms with Crippen LogP contribution in [0.4, 0.5) is 5.69 Å². The van der Waals surface area contributed by atoms with Crippen molar-refractivity contribution in [2.24, 2.45) is 0 Å². The highest BCUT2D eigenvalue weighted by atomic mass is 35.5. The molecule has 0 bridgehead atoms. The van der Waals surface area contributed by atoms with Gasteiger partial charge < -0.3 is 5.32 Å². The molecular weight excluding hydrogens is 448 g/mol. The van der Waals surface area contributed by atoms with E-state index in [0.29, 0.717) is 5.69 Å². The Morgan fingerprint density at radius 3 is 2.38 bits per heavy atom. The van der Waals surface area contributed by atoms with Crippen LogP contribution in [-0.2, 0) is 9.84 Å². The number of carbonyl (C=O) groups excluding carboxylic acids is 1. The number of pyridine rings is 1. The van der Waals surface area contributed by atoms with E-state index in [1.54, 1.807) is 16.8 Å². The van der Waals surface area contributed by atoms with Crippen LogP contribution in [0.5, 0.6) is 0 Å². The smallest absolute Gasteiger partial charge is 0.255 e. The fourth-order valence-electron chi connectivity index (χ4n) is 3.66. The largest absolute Gasteiger partial charge is 0.322 e. The third-order valence-electron chi connectivity index (χ3n) is 5.10. The first-order valence-electron chi connectivity index (χ1n) is 9.79. The van der Waals surface area contributed by atoms with Crippen molar-refractivity contribution in [3.05, 3.63) is 76.1 Å². The van der Waals surface area contributed by atoms with Crippen LogP contribution in [0, 0.1) is 20.8 Å². The number of sulfone groups is 1. The monoisotopic (exact) mass is 468 g/mol. The zero-order valence-corrected chi connectivity index (χ0v) is 19.5. The molecule has 0 spiro atoms. The number of anilines is 1. The lowest BCUT2D eigenvalue weighted by molar-refractivity contribution is 0.102. The van der Waals surface area contributed by atoms with E-state index in [0.717, 1.165) is 39.9 Å². The van der Waals surface area contributed by atoms with Gasteiger partial charge in [-0.25, -0.2) is 18.1 Å². The number of hydrogen-bond donors (Lipinski definition) is 1. The number of halogens is 1. The minimum Gasteiger partial charge on any atom is -0.322 e. The molecule has 7 nitrogen and oxygen atoms in total. The highest BCUT2D eigenvalue weighted by Gasteiger charge is 2.17. The second kappa shape index (κ2) is 8.03. The predicted octanol–water partition coefficient (Wildman–Crippen LogP) is 4.65. The van der Waals surface area contributed by atoms with Crippen LogP contribution in [0.3, 0.4) is 0 Å². The average molecular weight is 469 g/mol. The molecule has 0 saturated heterocycles. The maximum atomic E-state index is 12.6. The van der Waals surface area contributed by atoms with Crippen molar-refractivity contribution in [3.63, 3.8) is 0 Å². The quantitative estimate of drug-likeness (QED) is 0.470. The zero-order valence-electron chi connectivity index (χ0n) is 18.0. The van der Waals surface area contributed by atoms with Crippen LogP contribution in [0.25, 0.3) is 16.7 Å². The molecule has 0 unspecified atom stereocenters. The van der Waals surface area contributed by atoms with Crippen molar-refractivity contribution in [2.75, 3.05) is 11.6 Å². The van der Waals surface area contributed by atoms with E-state index in [4.69, 9.17) is 11.6 Å². The lowest BCUT2D eigenvalue weighted by Gasteiger charge is -2.09. The van der Waals surface area contributed by atoms with Gasteiger partial charge in [0.1, 0.15) is 0 Å². The van der Waals surface area contributed by atoms with Gasteiger partial charge in [0.15, 0.2) is 15.5 Å². The molecule has 0 aliphatic heterocycles. The predicted molar refractivity (Wildman–Crippen MR) is 126 cm³/mol. The van der Waals surface area contributed by atoms with Gasteiger partial charge in [0, 0.05) is 28.6 Å². The van der Waals surface area contributed by atoms with Crippen LogP contribution in [0.15, 0.2) is 53.4 Å². The van der Waals surface area contributed by atoms with E-state index < -0.39 is 15.7 Å². The van der Waals surface area contributed by atoms with E-state index in [9.17, 15) is 13.2 Å². The SMILES string of the molecule is Cc1cc(C)c2c(C)nn(-c3ccc(NC(=O)c4ccc(Cl)c(S(C)(=O)=O)c4)cc3)c2n1. The van der Waals surface area contributed by atoms with Crippen LogP contribution in [0.1, 0.15) is 27.3 Å². The molecule has 32 heavy (non-hydrogen) atoms. The fourth-order valence-corrected chi connectivity index (χ4v) is 4.96. The first kappa shape index (κ1) is 22.0. The molecule has 4 aromatic rings. The van der Waals surface area contributed by atoms with Gasteiger partial charge in [-0.3, -0.25) is 4.79 Å². The third-order valence-corrected chi connectivity index (χ3v) is 6.68. The van der Waals surface area contributed by atoms with Crippen molar-refractivity contribution in [1.82, 2.24) is 14.8 Å². The Morgan fingerprint density at radius 1 is 1.03 bits per heavy atom. The molecule has 0 aliphatic carbocycles. The van der Waals surface area contributed by atoms with Crippen molar-refractivity contribution in [3.8, 4) is 5.69 Å². The molecule has 2 heterocycles. The minimum atomic E-state index is -3.55. The summed E-state index contributed by atoms with van der Waals surface area (Å²) >= 11 is 5.96. The van der Waals surface area contributed by atoms with Gasteiger partial charge in [-0.2, -0.15) is 5.10 Å². The standard InChI is InChI=1S/C23H21ClN4O3S/c1-13-11-14(2)25-22-21(13)15(3)27-28(22)18-8-6-17(7-9-18)26-23(29)16-5-10-19(24)20(12-16)32(4,30)31/h5-12H,1-4H3,(H,26,29). The number of rotatable bonds is 4. The van der Waals surface area contributed by atoms with E-state index >= 15 is 0 Å². The Hall–Kier alpha value is -3.23. The normalized spacial score (nSPS) is 11.7. The maximum Gasteiger partial charge on any atom is 0.255 e. The number of benzene rings is 2. The highest BCUT2D eigenvalue weighted by Crippen LogP contribution is 2.26. The summed E-state index contributed by atoms with van der Waals surface area (Å²) < 4.78 is 25.5. The van der Waals surface area contributed by atoms with Crippen LogP contribution < -0.4 is 5.32 Å². The summed E-state index contributed by atoms with van der Waals surface area (Å²) in [5.41, 5.74) is 5.28. The van der Waals surface area contributed by atoms with Crippen molar-refractivity contribution >= 4 is 44.1 Å². The Kier molecular flexibility index (Phi) is 5.52. The molecule has 0 radical (unpaired) electrons. The summed E-state index contributed by atoms with van der Waals surface area (Å²) in [6.45, 7) is 5.94. The highest BCUT2D eigenvalue weighted by molar-refractivity contribution is 7.90. The number of nitrogens with one attached hydrogen (secondary N) is 1.